The number of anilines is 1. The topological polar surface area (TPSA) is 38.3 Å². The summed E-state index contributed by atoms with van der Waals surface area (Å²) >= 11 is 0. The number of halogens is 1. The quantitative estimate of drug-likeness (QED) is 0.922. The fourth-order valence-corrected chi connectivity index (χ4v) is 2.91. The number of amides is 1. The standard InChI is InChI=1S/C19H20FNO2/c20-16-7-9-17(10-8-16)21-19(22)12-18-11-6-15(13-23-18)14-4-2-1-3-5-14/h1-5,7-10,15,18H,6,11-13H2,(H,21,22)/t15-,18-/m0/s1. The van der Waals surface area contributed by atoms with Crippen LogP contribution in [0.25, 0.3) is 0 Å². The number of benzene rings is 2. The van der Waals surface area contributed by atoms with E-state index in [1.165, 1.54) is 17.7 Å². The maximum Gasteiger partial charge on any atom is 0.226 e. The zero-order valence-corrected chi connectivity index (χ0v) is 12.9. The van der Waals surface area contributed by atoms with E-state index in [9.17, 15) is 9.18 Å². The first kappa shape index (κ1) is 15.7. The van der Waals surface area contributed by atoms with Crippen LogP contribution in [0.2, 0.25) is 0 Å². The molecule has 1 amide bonds. The Kier molecular flexibility index (Phi) is 5.03. The van der Waals surface area contributed by atoms with Gasteiger partial charge < -0.3 is 10.1 Å². The molecule has 1 aliphatic heterocycles. The van der Waals surface area contributed by atoms with Crippen molar-refractivity contribution in [3.8, 4) is 0 Å². The van der Waals surface area contributed by atoms with Crippen molar-refractivity contribution in [3.63, 3.8) is 0 Å². The van der Waals surface area contributed by atoms with E-state index in [-0.39, 0.29) is 17.8 Å². The molecule has 4 heteroatoms. The van der Waals surface area contributed by atoms with Gasteiger partial charge in [0.2, 0.25) is 5.91 Å². The second-order valence-corrected chi connectivity index (χ2v) is 5.90. The Morgan fingerprint density at radius 1 is 1.09 bits per heavy atom. The lowest BCUT2D eigenvalue weighted by Crippen LogP contribution is -2.29. The summed E-state index contributed by atoms with van der Waals surface area (Å²) in [4.78, 5) is 12.0. The molecule has 2 aromatic rings. The molecule has 0 radical (unpaired) electrons. The monoisotopic (exact) mass is 313 g/mol. The molecule has 1 aliphatic rings. The Bertz CT molecular complexity index is 634. The molecule has 1 N–H and O–H groups in total. The first-order valence-electron chi connectivity index (χ1n) is 7.92. The molecular formula is C19H20FNO2. The van der Waals surface area contributed by atoms with Gasteiger partial charge in [-0.05, 0) is 42.7 Å². The molecule has 23 heavy (non-hydrogen) atoms. The minimum atomic E-state index is -0.314. The van der Waals surface area contributed by atoms with Gasteiger partial charge in [-0.2, -0.15) is 0 Å². The van der Waals surface area contributed by atoms with E-state index < -0.39 is 0 Å². The van der Waals surface area contributed by atoms with Crippen LogP contribution in [-0.4, -0.2) is 18.6 Å². The average molecular weight is 313 g/mol. The first-order valence-corrected chi connectivity index (χ1v) is 7.92. The predicted molar refractivity (Wildman–Crippen MR) is 87.8 cm³/mol. The van der Waals surface area contributed by atoms with Crippen molar-refractivity contribution in [2.45, 2.75) is 31.3 Å². The van der Waals surface area contributed by atoms with Gasteiger partial charge in [0.1, 0.15) is 5.82 Å². The van der Waals surface area contributed by atoms with Crippen LogP contribution in [0.3, 0.4) is 0 Å². The van der Waals surface area contributed by atoms with E-state index in [1.807, 2.05) is 18.2 Å². The highest BCUT2D eigenvalue weighted by Crippen LogP contribution is 2.29. The molecule has 0 spiro atoms. The maximum absolute atomic E-state index is 12.8. The van der Waals surface area contributed by atoms with Gasteiger partial charge in [0.15, 0.2) is 0 Å². The smallest absolute Gasteiger partial charge is 0.226 e. The van der Waals surface area contributed by atoms with E-state index in [0.717, 1.165) is 12.8 Å². The van der Waals surface area contributed by atoms with Crippen molar-refractivity contribution in [2.75, 3.05) is 11.9 Å². The molecule has 120 valence electrons. The molecule has 0 unspecified atom stereocenters. The number of carbonyl (C=O) groups is 1. The van der Waals surface area contributed by atoms with Crippen LogP contribution >= 0.6 is 0 Å². The summed E-state index contributed by atoms with van der Waals surface area (Å²) in [5, 5.41) is 2.77. The van der Waals surface area contributed by atoms with Crippen LogP contribution in [-0.2, 0) is 9.53 Å². The summed E-state index contributed by atoms with van der Waals surface area (Å²) in [5.41, 5.74) is 1.90. The molecular weight excluding hydrogens is 293 g/mol. The van der Waals surface area contributed by atoms with E-state index in [4.69, 9.17) is 4.74 Å². The third-order valence-corrected chi connectivity index (χ3v) is 4.18. The van der Waals surface area contributed by atoms with Crippen molar-refractivity contribution in [1.29, 1.82) is 0 Å². The molecule has 1 fully saturated rings. The van der Waals surface area contributed by atoms with Gasteiger partial charge in [0, 0.05) is 11.6 Å². The van der Waals surface area contributed by atoms with Gasteiger partial charge in [0.25, 0.3) is 0 Å². The molecule has 1 heterocycles. The minimum absolute atomic E-state index is 0.0459. The van der Waals surface area contributed by atoms with E-state index in [0.29, 0.717) is 24.6 Å². The third kappa shape index (κ3) is 4.39. The number of rotatable bonds is 4. The van der Waals surface area contributed by atoms with Gasteiger partial charge in [-0.15, -0.1) is 0 Å². The van der Waals surface area contributed by atoms with Gasteiger partial charge >= 0.3 is 0 Å². The van der Waals surface area contributed by atoms with Crippen molar-refractivity contribution >= 4 is 11.6 Å². The fraction of sp³-hybridized carbons (Fsp3) is 0.316. The highest BCUT2D eigenvalue weighted by Gasteiger charge is 2.24. The zero-order chi connectivity index (χ0) is 16.1. The number of hydrogen-bond donors (Lipinski definition) is 1. The Hall–Kier alpha value is -2.20. The summed E-state index contributed by atoms with van der Waals surface area (Å²) in [7, 11) is 0. The summed E-state index contributed by atoms with van der Waals surface area (Å²) in [5.74, 6) is -0.00190. The molecule has 3 rings (SSSR count). The van der Waals surface area contributed by atoms with E-state index in [1.54, 1.807) is 12.1 Å². The van der Waals surface area contributed by atoms with Crippen molar-refractivity contribution in [3.05, 3.63) is 66.0 Å². The van der Waals surface area contributed by atoms with Crippen molar-refractivity contribution in [1.82, 2.24) is 0 Å². The molecule has 1 saturated heterocycles. The number of nitrogens with one attached hydrogen (secondary N) is 1. The lowest BCUT2D eigenvalue weighted by molar-refractivity contribution is -0.120. The Labute approximate surface area is 135 Å². The summed E-state index contributed by atoms with van der Waals surface area (Å²) < 4.78 is 18.7. The van der Waals surface area contributed by atoms with Crippen molar-refractivity contribution in [2.24, 2.45) is 0 Å². The zero-order valence-electron chi connectivity index (χ0n) is 12.9. The molecule has 0 bridgehead atoms. The second kappa shape index (κ2) is 7.38. The maximum atomic E-state index is 12.8. The summed E-state index contributed by atoms with van der Waals surface area (Å²) in [6, 6.07) is 16.1. The normalized spacial score (nSPS) is 20.9. The Morgan fingerprint density at radius 3 is 2.48 bits per heavy atom. The molecule has 2 aromatic carbocycles. The van der Waals surface area contributed by atoms with Gasteiger partial charge in [-0.25, -0.2) is 4.39 Å². The van der Waals surface area contributed by atoms with Crippen LogP contribution in [0, 0.1) is 5.82 Å². The molecule has 0 aliphatic carbocycles. The Balaban J connectivity index is 1.47. The summed E-state index contributed by atoms with van der Waals surface area (Å²) in [6.07, 6.45) is 2.18. The van der Waals surface area contributed by atoms with Gasteiger partial charge in [-0.3, -0.25) is 4.79 Å². The molecule has 2 atom stereocenters. The minimum Gasteiger partial charge on any atom is -0.377 e. The SMILES string of the molecule is O=C(C[C@@H]1CC[C@H](c2ccccc2)CO1)Nc1ccc(F)cc1. The van der Waals surface area contributed by atoms with Crippen LogP contribution in [0.4, 0.5) is 10.1 Å². The first-order chi connectivity index (χ1) is 11.2. The highest BCUT2D eigenvalue weighted by atomic mass is 19.1. The van der Waals surface area contributed by atoms with Gasteiger partial charge in [-0.1, -0.05) is 30.3 Å². The predicted octanol–water partition coefficient (Wildman–Crippen LogP) is 4.12. The second-order valence-electron chi connectivity index (χ2n) is 5.90. The third-order valence-electron chi connectivity index (χ3n) is 4.18. The van der Waals surface area contributed by atoms with E-state index >= 15 is 0 Å². The van der Waals surface area contributed by atoms with Crippen molar-refractivity contribution < 1.29 is 13.9 Å². The average Bonchev–Trinajstić information content (AvgIpc) is 2.58. The number of carbonyl (C=O) groups excluding carboxylic acids is 1. The lowest BCUT2D eigenvalue weighted by Gasteiger charge is -2.29. The molecule has 3 nitrogen and oxygen atoms in total. The number of ether oxygens (including phenoxy) is 1. The largest absolute Gasteiger partial charge is 0.377 e. The molecule has 0 saturated carbocycles. The molecule has 0 aromatic heterocycles. The van der Waals surface area contributed by atoms with Crippen LogP contribution in [0.5, 0.6) is 0 Å². The van der Waals surface area contributed by atoms with Crippen LogP contribution < -0.4 is 5.32 Å². The summed E-state index contributed by atoms with van der Waals surface area (Å²) in [6.45, 7) is 0.651. The lowest BCUT2D eigenvalue weighted by atomic mass is 9.90. The van der Waals surface area contributed by atoms with Gasteiger partial charge in [0.05, 0.1) is 19.1 Å². The fourth-order valence-electron chi connectivity index (χ4n) is 2.91. The Morgan fingerprint density at radius 2 is 1.83 bits per heavy atom. The van der Waals surface area contributed by atoms with Crippen LogP contribution in [0.15, 0.2) is 54.6 Å². The highest BCUT2D eigenvalue weighted by molar-refractivity contribution is 5.90. The van der Waals surface area contributed by atoms with Crippen LogP contribution in [0.1, 0.15) is 30.7 Å². The number of hydrogen-bond acceptors (Lipinski definition) is 2. The van der Waals surface area contributed by atoms with E-state index in [2.05, 4.69) is 17.4 Å².